The maximum atomic E-state index is 4.77. The third-order valence-corrected chi connectivity index (χ3v) is 5.46. The molecule has 2 aromatic heterocycles. The van der Waals surface area contributed by atoms with E-state index in [4.69, 9.17) is 4.98 Å². The number of benzene rings is 2. The summed E-state index contributed by atoms with van der Waals surface area (Å²) in [6, 6.07) is 21.0. The molecule has 0 aliphatic carbocycles. The molecule has 0 atom stereocenters. The molecule has 2 aromatic carbocycles. The Morgan fingerprint density at radius 3 is 2.52 bits per heavy atom. The Labute approximate surface area is 143 Å². The van der Waals surface area contributed by atoms with Gasteiger partial charge < -0.3 is 0 Å². The Balaban J connectivity index is 1.75. The Hall–Kier alpha value is -2.17. The van der Waals surface area contributed by atoms with Gasteiger partial charge in [-0.2, -0.15) is 0 Å². The molecule has 0 aliphatic rings. The van der Waals surface area contributed by atoms with Crippen LogP contribution < -0.4 is 0 Å². The van der Waals surface area contributed by atoms with Crippen LogP contribution in [0.3, 0.4) is 0 Å². The number of hydrogen-bond donors (Lipinski definition) is 0. The zero-order valence-corrected chi connectivity index (χ0v) is 14.2. The highest BCUT2D eigenvalue weighted by atomic mass is 32.2. The van der Waals surface area contributed by atoms with Crippen molar-refractivity contribution in [1.29, 1.82) is 0 Å². The van der Waals surface area contributed by atoms with Crippen molar-refractivity contribution in [2.75, 3.05) is 6.26 Å². The third-order valence-electron chi connectivity index (χ3n) is 3.69. The van der Waals surface area contributed by atoms with Crippen molar-refractivity contribution in [3.8, 4) is 21.8 Å². The second-order valence-electron chi connectivity index (χ2n) is 5.15. The molecule has 0 amide bonds. The Kier molecular flexibility index (Phi) is 3.85. The van der Waals surface area contributed by atoms with Crippen LogP contribution in [0, 0.1) is 0 Å². The Morgan fingerprint density at radius 1 is 0.913 bits per heavy atom. The molecule has 0 N–H and O–H groups in total. The molecule has 0 fully saturated rings. The van der Waals surface area contributed by atoms with Crippen LogP contribution in [0.15, 0.2) is 71.8 Å². The number of thioether (sulfide) groups is 1. The van der Waals surface area contributed by atoms with Gasteiger partial charge >= 0.3 is 0 Å². The van der Waals surface area contributed by atoms with Crippen LogP contribution in [-0.4, -0.2) is 16.2 Å². The molecule has 4 rings (SSSR count). The fraction of sp³-hybridized carbons (Fsp3) is 0.0526. The first kappa shape index (κ1) is 14.4. The molecule has 0 aliphatic heterocycles. The van der Waals surface area contributed by atoms with E-state index < -0.39 is 0 Å². The van der Waals surface area contributed by atoms with E-state index in [1.165, 1.54) is 20.7 Å². The van der Waals surface area contributed by atoms with Crippen LogP contribution in [0.4, 0.5) is 0 Å². The highest BCUT2D eigenvalue weighted by Gasteiger charge is 2.09. The number of nitrogens with zero attached hydrogens (tertiary/aromatic N) is 2. The molecule has 4 heteroatoms. The monoisotopic (exact) mass is 334 g/mol. The summed E-state index contributed by atoms with van der Waals surface area (Å²) in [4.78, 5) is 10.5. The van der Waals surface area contributed by atoms with Gasteiger partial charge in [-0.05, 0) is 41.6 Å². The zero-order chi connectivity index (χ0) is 15.6. The minimum atomic E-state index is 0.935. The van der Waals surface area contributed by atoms with Gasteiger partial charge in [0.05, 0.1) is 15.9 Å². The average molecular weight is 334 g/mol. The summed E-state index contributed by atoms with van der Waals surface area (Å²) in [7, 11) is 0. The molecule has 0 radical (unpaired) electrons. The summed E-state index contributed by atoms with van der Waals surface area (Å²) in [5.74, 6) is 0. The van der Waals surface area contributed by atoms with Gasteiger partial charge in [0, 0.05) is 11.1 Å². The van der Waals surface area contributed by atoms with Crippen molar-refractivity contribution >= 4 is 33.3 Å². The van der Waals surface area contributed by atoms with E-state index in [0.717, 1.165) is 16.2 Å². The van der Waals surface area contributed by atoms with Gasteiger partial charge in [-0.1, -0.05) is 36.4 Å². The number of thiazole rings is 1. The minimum Gasteiger partial charge on any atom is -0.253 e. The van der Waals surface area contributed by atoms with Crippen molar-refractivity contribution in [3.05, 3.63) is 66.9 Å². The van der Waals surface area contributed by atoms with Crippen LogP contribution in [0.2, 0.25) is 0 Å². The van der Waals surface area contributed by atoms with Gasteiger partial charge in [0.25, 0.3) is 0 Å². The summed E-state index contributed by atoms with van der Waals surface area (Å²) in [6.07, 6.45) is 3.96. The number of hydrogen-bond acceptors (Lipinski definition) is 4. The SMILES string of the molecule is CSc1ccc(-c2nc3cc(-c4ccccc4)ccc3s2)nc1. The lowest BCUT2D eigenvalue weighted by molar-refractivity contribution is 1.23. The molecule has 0 unspecified atom stereocenters. The number of fused-ring (bicyclic) bond motifs is 1. The third kappa shape index (κ3) is 2.87. The molecule has 2 nitrogen and oxygen atoms in total. The van der Waals surface area contributed by atoms with Crippen LogP contribution >= 0.6 is 23.1 Å². The Morgan fingerprint density at radius 2 is 1.78 bits per heavy atom. The zero-order valence-electron chi connectivity index (χ0n) is 12.6. The van der Waals surface area contributed by atoms with E-state index in [2.05, 4.69) is 59.8 Å². The van der Waals surface area contributed by atoms with Crippen molar-refractivity contribution in [3.63, 3.8) is 0 Å². The van der Waals surface area contributed by atoms with Crippen molar-refractivity contribution in [2.45, 2.75) is 4.90 Å². The summed E-state index contributed by atoms with van der Waals surface area (Å²) < 4.78 is 1.19. The fourth-order valence-corrected chi connectivity index (χ4v) is 3.76. The minimum absolute atomic E-state index is 0.935. The van der Waals surface area contributed by atoms with Crippen molar-refractivity contribution in [1.82, 2.24) is 9.97 Å². The maximum Gasteiger partial charge on any atom is 0.143 e. The molecule has 23 heavy (non-hydrogen) atoms. The molecule has 0 bridgehead atoms. The lowest BCUT2D eigenvalue weighted by Gasteiger charge is -2.00. The van der Waals surface area contributed by atoms with Gasteiger partial charge in [-0.15, -0.1) is 23.1 Å². The van der Waals surface area contributed by atoms with E-state index in [1.54, 1.807) is 23.1 Å². The fourth-order valence-electron chi connectivity index (χ4n) is 2.47. The lowest BCUT2D eigenvalue weighted by atomic mass is 10.1. The predicted molar refractivity (Wildman–Crippen MR) is 100 cm³/mol. The second kappa shape index (κ2) is 6.14. The van der Waals surface area contributed by atoms with Gasteiger partial charge in [-0.25, -0.2) is 4.98 Å². The van der Waals surface area contributed by atoms with E-state index in [1.807, 2.05) is 18.3 Å². The number of aromatic nitrogens is 2. The molecule has 2 heterocycles. The predicted octanol–water partition coefficient (Wildman–Crippen LogP) is 5.75. The average Bonchev–Trinajstić information content (AvgIpc) is 3.06. The van der Waals surface area contributed by atoms with Gasteiger partial charge in [0.15, 0.2) is 0 Å². The number of rotatable bonds is 3. The van der Waals surface area contributed by atoms with Crippen molar-refractivity contribution in [2.24, 2.45) is 0 Å². The first-order valence-corrected chi connectivity index (χ1v) is 9.34. The standard InChI is InChI=1S/C19H14N2S2/c1-22-15-8-9-16(20-12-15)19-21-17-11-14(7-10-18(17)23-19)13-5-3-2-4-6-13/h2-12H,1H3. The van der Waals surface area contributed by atoms with E-state index >= 15 is 0 Å². The first-order chi connectivity index (χ1) is 11.3. The lowest BCUT2D eigenvalue weighted by Crippen LogP contribution is -1.82. The molecule has 0 spiro atoms. The topological polar surface area (TPSA) is 25.8 Å². The first-order valence-electron chi connectivity index (χ1n) is 7.30. The molecular formula is C19H14N2S2. The van der Waals surface area contributed by atoms with Crippen LogP contribution in [0.5, 0.6) is 0 Å². The summed E-state index contributed by atoms with van der Waals surface area (Å²) in [5, 5.41) is 0.970. The molecule has 0 saturated heterocycles. The highest BCUT2D eigenvalue weighted by Crippen LogP contribution is 2.32. The summed E-state index contributed by atoms with van der Waals surface area (Å²) in [6.45, 7) is 0. The molecule has 4 aromatic rings. The van der Waals surface area contributed by atoms with Gasteiger partial charge in [-0.3, -0.25) is 4.98 Å². The van der Waals surface area contributed by atoms with Crippen molar-refractivity contribution < 1.29 is 0 Å². The van der Waals surface area contributed by atoms with Gasteiger partial charge in [0.2, 0.25) is 0 Å². The Bertz CT molecular complexity index is 944. The second-order valence-corrected chi connectivity index (χ2v) is 7.06. The van der Waals surface area contributed by atoms with Crippen LogP contribution in [-0.2, 0) is 0 Å². The highest BCUT2D eigenvalue weighted by molar-refractivity contribution is 7.98. The summed E-state index contributed by atoms with van der Waals surface area (Å²) >= 11 is 3.39. The van der Waals surface area contributed by atoms with E-state index in [9.17, 15) is 0 Å². The molecule has 112 valence electrons. The van der Waals surface area contributed by atoms with Crippen LogP contribution in [0.25, 0.3) is 32.0 Å². The summed E-state index contributed by atoms with van der Waals surface area (Å²) in [5.41, 5.74) is 4.37. The molecular weight excluding hydrogens is 320 g/mol. The maximum absolute atomic E-state index is 4.77. The normalized spacial score (nSPS) is 11.0. The smallest absolute Gasteiger partial charge is 0.143 e. The van der Waals surface area contributed by atoms with Crippen LogP contribution in [0.1, 0.15) is 0 Å². The molecule has 0 saturated carbocycles. The van der Waals surface area contributed by atoms with E-state index in [-0.39, 0.29) is 0 Å². The quantitative estimate of drug-likeness (QED) is 0.446. The largest absolute Gasteiger partial charge is 0.253 e. The van der Waals surface area contributed by atoms with Gasteiger partial charge in [0.1, 0.15) is 5.01 Å². The van der Waals surface area contributed by atoms with E-state index in [0.29, 0.717) is 0 Å². The number of pyridine rings is 1.